The molecule has 1 aliphatic rings. The lowest BCUT2D eigenvalue weighted by atomic mass is 10.1. The number of alkyl halides is 3. The topological polar surface area (TPSA) is 84.5 Å². The number of halogens is 3. The molecule has 0 unspecified atom stereocenters. The summed E-state index contributed by atoms with van der Waals surface area (Å²) in [6, 6.07) is 8.31. The van der Waals surface area contributed by atoms with Gasteiger partial charge in [0.2, 0.25) is 10.0 Å². The van der Waals surface area contributed by atoms with E-state index in [1.54, 1.807) is 0 Å². The normalized spacial score (nSPS) is 14.5. The lowest BCUT2D eigenvalue weighted by Gasteiger charge is -2.12. The number of carbonyl (C=O) groups is 1. The van der Waals surface area contributed by atoms with Gasteiger partial charge in [0.1, 0.15) is 10.6 Å². The van der Waals surface area contributed by atoms with Gasteiger partial charge < -0.3 is 10.1 Å². The van der Waals surface area contributed by atoms with Crippen LogP contribution in [0.15, 0.2) is 47.4 Å². The molecule has 3 rings (SSSR count). The van der Waals surface area contributed by atoms with Crippen LogP contribution in [0.25, 0.3) is 0 Å². The summed E-state index contributed by atoms with van der Waals surface area (Å²) in [7, 11) is -2.51. The number of hydrogen-bond donors (Lipinski definition) is 2. The van der Waals surface area contributed by atoms with E-state index in [1.807, 2.05) is 0 Å². The second-order valence-electron chi connectivity index (χ2n) is 6.64. The van der Waals surface area contributed by atoms with Crippen molar-refractivity contribution in [1.82, 2.24) is 10.0 Å². The number of sulfonamides is 1. The Labute approximate surface area is 166 Å². The Morgan fingerprint density at radius 1 is 1.14 bits per heavy atom. The Morgan fingerprint density at radius 2 is 1.79 bits per heavy atom. The third-order valence-electron chi connectivity index (χ3n) is 4.35. The summed E-state index contributed by atoms with van der Waals surface area (Å²) in [5, 5.41) is 2.57. The first kappa shape index (κ1) is 21.1. The van der Waals surface area contributed by atoms with E-state index >= 15 is 0 Å². The average molecular weight is 428 g/mol. The van der Waals surface area contributed by atoms with Crippen molar-refractivity contribution in [2.75, 3.05) is 7.11 Å². The molecule has 0 aliphatic heterocycles. The molecule has 10 heteroatoms. The van der Waals surface area contributed by atoms with Crippen LogP contribution in [0.5, 0.6) is 5.75 Å². The molecule has 2 aromatic rings. The van der Waals surface area contributed by atoms with Crippen LogP contribution in [0.1, 0.15) is 34.3 Å². The maximum absolute atomic E-state index is 12.6. The van der Waals surface area contributed by atoms with Crippen LogP contribution in [0.4, 0.5) is 13.2 Å². The second kappa shape index (κ2) is 8.03. The van der Waals surface area contributed by atoms with E-state index in [1.165, 1.54) is 37.4 Å². The predicted molar refractivity (Wildman–Crippen MR) is 99.0 cm³/mol. The Morgan fingerprint density at radius 3 is 2.34 bits per heavy atom. The summed E-state index contributed by atoms with van der Waals surface area (Å²) in [5.41, 5.74) is -0.210. The molecule has 156 valence electrons. The highest BCUT2D eigenvalue weighted by Gasteiger charge is 2.31. The first-order valence-electron chi connectivity index (χ1n) is 8.75. The van der Waals surface area contributed by atoms with Crippen molar-refractivity contribution in [3.05, 3.63) is 59.2 Å². The van der Waals surface area contributed by atoms with Gasteiger partial charge in [-0.15, -0.1) is 0 Å². The molecule has 1 saturated carbocycles. The van der Waals surface area contributed by atoms with Gasteiger partial charge >= 0.3 is 6.18 Å². The van der Waals surface area contributed by atoms with E-state index in [2.05, 4.69) is 10.0 Å². The fourth-order valence-electron chi connectivity index (χ4n) is 2.61. The highest BCUT2D eigenvalue weighted by atomic mass is 32.2. The predicted octanol–water partition coefficient (Wildman–Crippen LogP) is 3.08. The van der Waals surface area contributed by atoms with Crippen molar-refractivity contribution in [2.45, 2.75) is 36.5 Å². The van der Waals surface area contributed by atoms with Gasteiger partial charge in [-0.3, -0.25) is 4.79 Å². The molecule has 0 atom stereocenters. The summed E-state index contributed by atoms with van der Waals surface area (Å²) in [5.74, 6) is -0.451. The van der Waals surface area contributed by atoms with E-state index in [0.29, 0.717) is 5.56 Å². The lowest BCUT2D eigenvalue weighted by molar-refractivity contribution is -0.137. The molecule has 0 saturated heterocycles. The molecule has 0 spiro atoms. The van der Waals surface area contributed by atoms with Crippen LogP contribution < -0.4 is 14.8 Å². The van der Waals surface area contributed by atoms with Gasteiger partial charge in [0.05, 0.1) is 12.7 Å². The van der Waals surface area contributed by atoms with Gasteiger partial charge in [-0.2, -0.15) is 13.2 Å². The van der Waals surface area contributed by atoms with Crippen LogP contribution in [-0.4, -0.2) is 27.5 Å². The quantitative estimate of drug-likeness (QED) is 0.710. The maximum atomic E-state index is 12.6. The number of rotatable bonds is 7. The highest BCUT2D eigenvalue weighted by Crippen LogP contribution is 2.30. The molecule has 2 N–H and O–H groups in total. The van der Waals surface area contributed by atoms with Crippen LogP contribution in [0.2, 0.25) is 0 Å². The van der Waals surface area contributed by atoms with Crippen molar-refractivity contribution in [2.24, 2.45) is 0 Å². The smallest absolute Gasteiger partial charge is 0.416 e. The van der Waals surface area contributed by atoms with Gasteiger partial charge in [-0.1, -0.05) is 12.1 Å². The number of methoxy groups -OCH3 is 1. The fourth-order valence-corrected chi connectivity index (χ4v) is 4.11. The second-order valence-corrected chi connectivity index (χ2v) is 8.32. The zero-order valence-electron chi connectivity index (χ0n) is 15.4. The first-order valence-corrected chi connectivity index (χ1v) is 10.2. The van der Waals surface area contributed by atoms with Crippen LogP contribution >= 0.6 is 0 Å². The largest absolute Gasteiger partial charge is 0.495 e. The molecule has 0 heterocycles. The first-order chi connectivity index (χ1) is 13.6. The molecule has 1 aliphatic carbocycles. The number of amides is 1. The summed E-state index contributed by atoms with van der Waals surface area (Å²) >= 11 is 0. The van der Waals surface area contributed by atoms with Crippen molar-refractivity contribution in [1.29, 1.82) is 0 Å². The van der Waals surface area contributed by atoms with Crippen LogP contribution in [-0.2, 0) is 22.7 Å². The van der Waals surface area contributed by atoms with Gasteiger partial charge in [0.25, 0.3) is 5.91 Å². The van der Waals surface area contributed by atoms with Crippen LogP contribution in [0, 0.1) is 0 Å². The van der Waals surface area contributed by atoms with E-state index in [9.17, 15) is 26.4 Å². The minimum atomic E-state index is -4.43. The molecular weight excluding hydrogens is 409 g/mol. The Bertz CT molecular complexity index is 1000. The van der Waals surface area contributed by atoms with Gasteiger partial charge in [0.15, 0.2) is 0 Å². The molecule has 2 aromatic carbocycles. The molecule has 1 amide bonds. The van der Waals surface area contributed by atoms with Crippen molar-refractivity contribution < 1.29 is 31.1 Å². The average Bonchev–Trinajstić information content (AvgIpc) is 3.48. The number of benzene rings is 2. The molecular formula is C19H19F3N2O4S. The molecule has 6 nitrogen and oxygen atoms in total. The standard InChI is InChI=1S/C19H19F3N2O4S/c1-28-16-9-4-13(10-17(16)29(26,27)24-15-7-8-15)18(25)23-11-12-2-5-14(6-3-12)19(20,21)22/h2-6,9-10,15,24H,7-8,11H2,1H3,(H,23,25). The van der Waals surface area contributed by atoms with Crippen molar-refractivity contribution >= 4 is 15.9 Å². The molecule has 1 fully saturated rings. The monoisotopic (exact) mass is 428 g/mol. The maximum Gasteiger partial charge on any atom is 0.416 e. The minimum absolute atomic E-state index is 0.00852. The van der Waals surface area contributed by atoms with E-state index in [4.69, 9.17) is 4.74 Å². The molecule has 29 heavy (non-hydrogen) atoms. The number of hydrogen-bond acceptors (Lipinski definition) is 4. The van der Waals surface area contributed by atoms with E-state index in [-0.39, 0.29) is 28.8 Å². The molecule has 0 radical (unpaired) electrons. The summed E-state index contributed by atoms with van der Waals surface area (Å²) < 4.78 is 70.5. The summed E-state index contributed by atoms with van der Waals surface area (Å²) in [6.45, 7) is -0.00852. The molecule has 0 aromatic heterocycles. The molecule has 0 bridgehead atoms. The Kier molecular flexibility index (Phi) is 5.85. The van der Waals surface area contributed by atoms with Gasteiger partial charge in [-0.05, 0) is 48.7 Å². The number of ether oxygens (including phenoxy) is 1. The summed E-state index contributed by atoms with van der Waals surface area (Å²) in [6.07, 6.45) is -2.91. The summed E-state index contributed by atoms with van der Waals surface area (Å²) in [4.78, 5) is 12.3. The third kappa shape index (κ3) is 5.27. The lowest BCUT2D eigenvalue weighted by Crippen LogP contribution is -2.27. The van der Waals surface area contributed by atoms with Crippen LogP contribution in [0.3, 0.4) is 0 Å². The Hall–Kier alpha value is -2.59. The fraction of sp³-hybridized carbons (Fsp3) is 0.316. The Balaban J connectivity index is 1.73. The van der Waals surface area contributed by atoms with Crippen molar-refractivity contribution in [3.8, 4) is 5.75 Å². The van der Waals surface area contributed by atoms with Crippen molar-refractivity contribution in [3.63, 3.8) is 0 Å². The zero-order valence-corrected chi connectivity index (χ0v) is 16.2. The minimum Gasteiger partial charge on any atom is -0.495 e. The van der Waals surface area contributed by atoms with E-state index < -0.39 is 27.7 Å². The third-order valence-corrected chi connectivity index (χ3v) is 5.89. The van der Waals surface area contributed by atoms with Gasteiger partial charge in [0, 0.05) is 18.2 Å². The zero-order chi connectivity index (χ0) is 21.2. The van der Waals surface area contributed by atoms with Gasteiger partial charge in [-0.25, -0.2) is 13.1 Å². The number of nitrogens with one attached hydrogen (secondary N) is 2. The highest BCUT2D eigenvalue weighted by molar-refractivity contribution is 7.89. The number of carbonyl (C=O) groups excluding carboxylic acids is 1. The van der Waals surface area contributed by atoms with E-state index in [0.717, 1.165) is 25.0 Å². The SMILES string of the molecule is COc1ccc(C(=O)NCc2ccc(C(F)(F)F)cc2)cc1S(=O)(=O)NC1CC1.